The molecule has 0 aromatic carbocycles. The Kier molecular flexibility index (Phi) is 21.2. The topological polar surface area (TPSA) is 244 Å². The zero-order chi connectivity index (χ0) is 52.2. The van der Waals surface area contributed by atoms with Crippen molar-refractivity contribution in [1.29, 1.82) is 0 Å². The highest BCUT2D eigenvalue weighted by atomic mass is 35.6. The third kappa shape index (κ3) is 15.1. The largest absolute Gasteiger partial charge is 0.457 e. The maximum absolute atomic E-state index is 14.8. The monoisotopic (exact) mass is 1090 g/mol. The third-order valence-electron chi connectivity index (χ3n) is 12.7. The molecule has 0 spiro atoms. The SMILES string of the molecule is CC[C@H]1OC(=O)[C@H](C)[C@@H](O[C@H]2C[C@@](C)(OC)[C@@H](O)[C@H](C)O2)[C@H](C)[C@@H](O[C@@H]2O[C@H](C)C[C@H](N(C)C)[C@H]2O)[C@](C)(OC(=O)NC(=O)C(Cl)(Cl)Cl)C[C@@H](C)C(=O)/C(C)=C/[C@]1(C)OC(=O)NC(=O)C(Cl)(Cl)Cl. The van der Waals surface area contributed by atoms with Crippen molar-refractivity contribution in [1.82, 2.24) is 15.5 Å². The molecule has 390 valence electrons. The number of methoxy groups -OCH3 is 1. The number of ether oxygens (including phenoxy) is 8. The standard InChI is InChI=1S/C43H65Cl6N3O16/c1-14-26-39(8,67-37(59)50-35(57)42(44,45)46)16-19(2)28(53)20(3)17-41(10,68-38(60)51-36(58)43(47,48)49)32(66-34-29(54)25(52(11)12)15-21(4)62-34)22(5)30(23(6)33(56)64-26)65-27-18-40(9,61-13)31(55)24(7)63-27/h16,20-27,29-32,34,54-55H,14-15,17-18H2,1-13H3,(H,50,57,59)(H,51,58,60)/b19-16+/t20-,21-,22+,23-,24+,25+,26-,27+,29-,30+,31+,32-,34+,39+,40-,41-/m1/s1. The van der Waals surface area contributed by atoms with Crippen LogP contribution in [-0.4, -0.2) is 158 Å². The summed E-state index contributed by atoms with van der Waals surface area (Å²) in [5.41, 5.74) is -5.35. The van der Waals surface area contributed by atoms with E-state index < -0.39 is 146 Å². The van der Waals surface area contributed by atoms with Gasteiger partial charge in [-0.2, -0.15) is 0 Å². The fraction of sp³-hybridized carbons (Fsp3) is 0.814. The highest BCUT2D eigenvalue weighted by molar-refractivity contribution is 6.77. The normalized spacial score (nSPS) is 38.9. The number of aliphatic hydroxyl groups is 2. The van der Waals surface area contributed by atoms with Crippen LogP contribution in [0.3, 0.4) is 0 Å². The number of hydrogen-bond acceptors (Lipinski definition) is 17. The van der Waals surface area contributed by atoms with Gasteiger partial charge in [0, 0.05) is 31.4 Å². The van der Waals surface area contributed by atoms with Gasteiger partial charge in [0.15, 0.2) is 24.0 Å². The molecule has 16 atom stereocenters. The van der Waals surface area contributed by atoms with E-state index in [0.717, 1.165) is 0 Å². The van der Waals surface area contributed by atoms with E-state index in [2.05, 4.69) is 0 Å². The molecule has 68 heavy (non-hydrogen) atoms. The first kappa shape index (κ1) is 60.5. The van der Waals surface area contributed by atoms with Crippen LogP contribution >= 0.6 is 69.6 Å². The Balaban J connectivity index is 2.41. The Bertz CT molecular complexity index is 1870. The predicted octanol–water partition coefficient (Wildman–Crippen LogP) is 6.00. The lowest BCUT2D eigenvalue weighted by Gasteiger charge is -2.49. The Morgan fingerprint density at radius 1 is 0.853 bits per heavy atom. The Labute approximate surface area is 427 Å². The average molecular weight is 1090 g/mol. The fourth-order valence-corrected chi connectivity index (χ4v) is 9.32. The minimum absolute atomic E-state index is 0.0373. The number of aliphatic hydroxyl groups excluding tert-OH is 2. The van der Waals surface area contributed by atoms with Crippen LogP contribution in [0.4, 0.5) is 9.59 Å². The van der Waals surface area contributed by atoms with E-state index in [1.807, 2.05) is 10.6 Å². The van der Waals surface area contributed by atoms with Gasteiger partial charge in [-0.05, 0) is 93.5 Å². The molecule has 0 saturated carbocycles. The minimum atomic E-state index is -2.62. The smallest absolute Gasteiger partial charge is 0.414 e. The number of likely N-dealkylation sites (N-methyl/N-ethyl adjacent to an activating group) is 1. The van der Waals surface area contributed by atoms with Gasteiger partial charge in [-0.3, -0.25) is 29.8 Å². The van der Waals surface area contributed by atoms with Gasteiger partial charge in [0.1, 0.15) is 30.0 Å². The molecule has 0 aromatic rings. The van der Waals surface area contributed by atoms with Crippen molar-refractivity contribution in [2.75, 3.05) is 21.2 Å². The summed E-state index contributed by atoms with van der Waals surface area (Å²) >= 11 is 34.4. The molecule has 0 radical (unpaired) electrons. The van der Waals surface area contributed by atoms with Gasteiger partial charge in [0.25, 0.3) is 19.4 Å². The predicted molar refractivity (Wildman–Crippen MR) is 250 cm³/mol. The van der Waals surface area contributed by atoms with Gasteiger partial charge < -0.3 is 53.0 Å². The van der Waals surface area contributed by atoms with E-state index in [-0.39, 0.29) is 18.4 Å². The van der Waals surface area contributed by atoms with Crippen molar-refractivity contribution < 1.29 is 76.9 Å². The lowest BCUT2D eigenvalue weighted by atomic mass is 9.76. The molecule has 0 unspecified atom stereocenters. The van der Waals surface area contributed by atoms with E-state index in [1.165, 1.54) is 47.8 Å². The highest BCUT2D eigenvalue weighted by Gasteiger charge is 2.54. The highest BCUT2D eigenvalue weighted by Crippen LogP contribution is 2.42. The molecular weight excluding hydrogens is 1030 g/mol. The summed E-state index contributed by atoms with van der Waals surface area (Å²) in [6.07, 6.45) is -12.5. The quantitative estimate of drug-likeness (QED) is 0.118. The van der Waals surface area contributed by atoms with Crippen molar-refractivity contribution >= 4 is 105 Å². The number of rotatable bonds is 9. The number of imide groups is 2. The molecule has 3 rings (SSSR count). The lowest BCUT2D eigenvalue weighted by Crippen LogP contribution is -2.61. The van der Waals surface area contributed by atoms with Gasteiger partial charge >= 0.3 is 18.2 Å². The van der Waals surface area contributed by atoms with Crippen LogP contribution in [0.2, 0.25) is 0 Å². The first-order valence-electron chi connectivity index (χ1n) is 21.9. The molecule has 3 aliphatic rings. The summed E-state index contributed by atoms with van der Waals surface area (Å²) in [6.45, 7) is 15.3. The second-order valence-electron chi connectivity index (χ2n) is 18.6. The van der Waals surface area contributed by atoms with Crippen molar-refractivity contribution in [3.63, 3.8) is 0 Å². The number of ketones is 1. The van der Waals surface area contributed by atoms with Crippen molar-refractivity contribution in [3.8, 4) is 0 Å². The summed E-state index contributed by atoms with van der Waals surface area (Å²) in [5.74, 6) is -7.95. The molecule has 19 nitrogen and oxygen atoms in total. The Morgan fingerprint density at radius 3 is 1.90 bits per heavy atom. The number of nitrogens with one attached hydrogen (secondary N) is 2. The van der Waals surface area contributed by atoms with Gasteiger partial charge in [-0.15, -0.1) is 0 Å². The number of allylic oxidation sites excluding steroid dienone is 1. The zero-order valence-electron chi connectivity index (χ0n) is 40.2. The van der Waals surface area contributed by atoms with E-state index in [4.69, 9.17) is 108 Å². The molecule has 25 heteroatoms. The molecule has 3 heterocycles. The maximum Gasteiger partial charge on any atom is 0.414 e. The van der Waals surface area contributed by atoms with Crippen molar-refractivity contribution in [2.45, 2.75) is 181 Å². The van der Waals surface area contributed by atoms with Crippen LogP contribution in [-0.2, 0) is 57.1 Å². The Hall–Kier alpha value is -1.82. The number of nitrogens with zero attached hydrogens (tertiary/aromatic N) is 1. The number of alkyl halides is 6. The molecule has 2 saturated heterocycles. The zero-order valence-corrected chi connectivity index (χ0v) is 44.8. The molecule has 4 amide bonds. The number of esters is 1. The lowest BCUT2D eigenvalue weighted by molar-refractivity contribution is -0.317. The number of carbonyl (C=O) groups excluding carboxylic acids is 6. The summed E-state index contributed by atoms with van der Waals surface area (Å²) in [6, 6.07) is -0.510. The van der Waals surface area contributed by atoms with Crippen LogP contribution < -0.4 is 10.6 Å². The number of halogens is 6. The van der Waals surface area contributed by atoms with Crippen LogP contribution in [0.1, 0.15) is 94.9 Å². The number of Topliss-reactive ketones (excluding diaryl/α,β-unsaturated/α-hetero) is 1. The van der Waals surface area contributed by atoms with E-state index in [1.54, 1.807) is 53.6 Å². The minimum Gasteiger partial charge on any atom is -0.457 e. The summed E-state index contributed by atoms with van der Waals surface area (Å²) in [5, 5.41) is 26.6. The molecular formula is C43H65Cl6N3O16. The van der Waals surface area contributed by atoms with Gasteiger partial charge in [0.05, 0.1) is 29.8 Å². The second-order valence-corrected chi connectivity index (χ2v) is 23.2. The number of carbonyl (C=O) groups is 6. The number of amides is 4. The first-order valence-corrected chi connectivity index (χ1v) is 24.2. The van der Waals surface area contributed by atoms with Gasteiger partial charge in [-0.1, -0.05) is 90.4 Å². The summed E-state index contributed by atoms with van der Waals surface area (Å²) < 4.78 is 44.4. The molecule has 0 aromatic heterocycles. The Morgan fingerprint density at radius 2 is 1.40 bits per heavy atom. The molecule has 0 aliphatic carbocycles. The van der Waals surface area contributed by atoms with Crippen molar-refractivity contribution in [2.24, 2.45) is 17.8 Å². The van der Waals surface area contributed by atoms with E-state index in [9.17, 15) is 39.0 Å². The number of hydrogen-bond donors (Lipinski definition) is 4. The third-order valence-corrected chi connectivity index (χ3v) is 13.7. The number of alkyl carbamates (subject to hydrolysis) is 2. The van der Waals surface area contributed by atoms with Crippen LogP contribution in [0.15, 0.2) is 11.6 Å². The van der Waals surface area contributed by atoms with E-state index >= 15 is 0 Å². The molecule has 0 bridgehead atoms. The maximum atomic E-state index is 14.8. The van der Waals surface area contributed by atoms with Crippen molar-refractivity contribution in [3.05, 3.63) is 11.6 Å². The van der Waals surface area contributed by atoms with Gasteiger partial charge in [0.2, 0.25) is 0 Å². The molecule has 3 aliphatic heterocycles. The fourth-order valence-electron chi connectivity index (χ4n) is 9.03. The number of cyclic esters (lactones) is 1. The van der Waals surface area contributed by atoms with Crippen LogP contribution in [0, 0.1) is 17.8 Å². The average Bonchev–Trinajstić information content (AvgIpc) is 3.21. The summed E-state index contributed by atoms with van der Waals surface area (Å²) in [7, 11) is 4.93. The molecule has 4 N–H and O–H groups in total. The molecule has 2 fully saturated rings. The van der Waals surface area contributed by atoms with Crippen LogP contribution in [0.25, 0.3) is 0 Å². The van der Waals surface area contributed by atoms with Gasteiger partial charge in [-0.25, -0.2) is 9.59 Å². The summed E-state index contributed by atoms with van der Waals surface area (Å²) in [4.78, 5) is 83.6. The second kappa shape index (κ2) is 23.8. The first-order chi connectivity index (χ1) is 31.0. The van der Waals surface area contributed by atoms with E-state index in [0.29, 0.717) is 6.42 Å². The van der Waals surface area contributed by atoms with Crippen LogP contribution in [0.5, 0.6) is 0 Å².